The van der Waals surface area contributed by atoms with E-state index in [0.717, 1.165) is 22.2 Å². The molecule has 34 heavy (non-hydrogen) atoms. The first kappa shape index (κ1) is 25.2. The fourth-order valence-electron chi connectivity index (χ4n) is 3.15. The van der Waals surface area contributed by atoms with Gasteiger partial charge in [0.15, 0.2) is 0 Å². The standard InChI is InChI=1S/C24H24F2N2O5S/c1-15(2)32-19-5-3-4-17(12-19)14-21(29)27-10-11-28-22(30)20(34-24(28)31)13-16-6-8-18(9-7-16)33-23(25)26/h3-9,12-13,15,23H,10-11,14H2,1-2H3,(H,27,29)/b20-13+. The van der Waals surface area contributed by atoms with E-state index in [4.69, 9.17) is 4.74 Å². The van der Waals surface area contributed by atoms with E-state index >= 15 is 0 Å². The third-order valence-electron chi connectivity index (χ3n) is 4.57. The molecule has 1 heterocycles. The molecule has 0 radical (unpaired) electrons. The van der Waals surface area contributed by atoms with Crippen LogP contribution in [0.3, 0.4) is 0 Å². The zero-order valence-corrected chi connectivity index (χ0v) is 19.4. The van der Waals surface area contributed by atoms with Gasteiger partial charge in [-0.2, -0.15) is 8.78 Å². The Labute approximate surface area is 200 Å². The van der Waals surface area contributed by atoms with Crippen LogP contribution < -0.4 is 14.8 Å². The van der Waals surface area contributed by atoms with Gasteiger partial charge in [-0.15, -0.1) is 0 Å². The van der Waals surface area contributed by atoms with Crippen LogP contribution in [0, 0.1) is 0 Å². The van der Waals surface area contributed by atoms with Crippen molar-refractivity contribution in [1.29, 1.82) is 0 Å². The fraction of sp³-hybridized carbons (Fsp3) is 0.292. The van der Waals surface area contributed by atoms with E-state index in [1.54, 1.807) is 6.07 Å². The van der Waals surface area contributed by atoms with Gasteiger partial charge in [0.2, 0.25) is 5.91 Å². The largest absolute Gasteiger partial charge is 0.491 e. The van der Waals surface area contributed by atoms with Gasteiger partial charge in [-0.1, -0.05) is 24.3 Å². The molecule has 0 atom stereocenters. The van der Waals surface area contributed by atoms with E-state index in [0.29, 0.717) is 11.3 Å². The Morgan fingerprint density at radius 3 is 2.50 bits per heavy atom. The highest BCUT2D eigenvalue weighted by atomic mass is 32.2. The summed E-state index contributed by atoms with van der Waals surface area (Å²) in [4.78, 5) is 38.4. The molecule has 1 saturated heterocycles. The molecule has 0 unspecified atom stereocenters. The second kappa shape index (κ2) is 11.6. The van der Waals surface area contributed by atoms with E-state index in [2.05, 4.69) is 10.1 Å². The zero-order valence-electron chi connectivity index (χ0n) is 18.6. The van der Waals surface area contributed by atoms with Crippen LogP contribution in [0.15, 0.2) is 53.4 Å². The molecule has 3 amide bonds. The van der Waals surface area contributed by atoms with Crippen LogP contribution in [0.1, 0.15) is 25.0 Å². The van der Waals surface area contributed by atoms with E-state index in [1.807, 2.05) is 32.0 Å². The highest BCUT2D eigenvalue weighted by Crippen LogP contribution is 2.32. The van der Waals surface area contributed by atoms with Crippen molar-refractivity contribution >= 4 is 34.9 Å². The molecule has 0 bridgehead atoms. The number of ether oxygens (including phenoxy) is 2. The van der Waals surface area contributed by atoms with Gasteiger partial charge in [0.1, 0.15) is 11.5 Å². The smallest absolute Gasteiger partial charge is 0.387 e. The van der Waals surface area contributed by atoms with Crippen molar-refractivity contribution in [2.75, 3.05) is 13.1 Å². The van der Waals surface area contributed by atoms with Crippen molar-refractivity contribution in [2.45, 2.75) is 33.0 Å². The van der Waals surface area contributed by atoms with Crippen LogP contribution in [0.5, 0.6) is 11.5 Å². The van der Waals surface area contributed by atoms with Gasteiger partial charge in [-0.3, -0.25) is 19.3 Å². The predicted molar refractivity (Wildman–Crippen MR) is 125 cm³/mol. The lowest BCUT2D eigenvalue weighted by atomic mass is 10.1. The molecule has 1 fully saturated rings. The maximum atomic E-state index is 12.6. The third kappa shape index (κ3) is 7.31. The summed E-state index contributed by atoms with van der Waals surface area (Å²) in [7, 11) is 0. The molecular weight excluding hydrogens is 466 g/mol. The molecule has 1 N–H and O–H groups in total. The minimum Gasteiger partial charge on any atom is -0.491 e. The number of thioether (sulfide) groups is 1. The Balaban J connectivity index is 1.50. The number of alkyl halides is 2. The van der Waals surface area contributed by atoms with Gasteiger partial charge in [-0.25, -0.2) is 0 Å². The summed E-state index contributed by atoms with van der Waals surface area (Å²) in [6.45, 7) is 1.06. The summed E-state index contributed by atoms with van der Waals surface area (Å²) < 4.78 is 34.4. The zero-order chi connectivity index (χ0) is 24.7. The van der Waals surface area contributed by atoms with Gasteiger partial charge < -0.3 is 14.8 Å². The summed E-state index contributed by atoms with van der Waals surface area (Å²) in [5.74, 6) is -0.0396. The number of hydrogen-bond donors (Lipinski definition) is 1. The molecule has 3 rings (SSSR count). The number of rotatable bonds is 10. The highest BCUT2D eigenvalue weighted by Gasteiger charge is 2.34. The quantitative estimate of drug-likeness (QED) is 0.495. The number of benzene rings is 2. The Hall–Kier alpha value is -3.40. The highest BCUT2D eigenvalue weighted by molar-refractivity contribution is 8.18. The molecule has 0 aromatic heterocycles. The number of halogens is 2. The number of carbonyl (C=O) groups excluding carboxylic acids is 3. The summed E-state index contributed by atoms with van der Waals surface area (Å²) in [5, 5.41) is 2.27. The second-order valence-electron chi connectivity index (χ2n) is 7.62. The second-order valence-corrected chi connectivity index (χ2v) is 8.61. The van der Waals surface area contributed by atoms with Crippen molar-refractivity contribution in [3.8, 4) is 11.5 Å². The van der Waals surface area contributed by atoms with Crippen LogP contribution in [-0.2, 0) is 16.0 Å². The average Bonchev–Trinajstić information content (AvgIpc) is 3.02. The van der Waals surface area contributed by atoms with Gasteiger partial charge in [0.05, 0.1) is 17.4 Å². The van der Waals surface area contributed by atoms with Crippen molar-refractivity contribution in [3.05, 3.63) is 64.6 Å². The van der Waals surface area contributed by atoms with Gasteiger partial charge >= 0.3 is 6.61 Å². The molecule has 1 aliphatic rings. The number of carbonyl (C=O) groups is 3. The average molecular weight is 491 g/mol. The maximum absolute atomic E-state index is 12.6. The van der Waals surface area contributed by atoms with Crippen LogP contribution >= 0.6 is 11.8 Å². The molecule has 2 aromatic carbocycles. The number of nitrogens with one attached hydrogen (secondary N) is 1. The normalized spacial score (nSPS) is 14.9. The number of hydrogen-bond acceptors (Lipinski definition) is 6. The third-order valence-corrected chi connectivity index (χ3v) is 5.48. The minimum atomic E-state index is -2.92. The number of imide groups is 1. The van der Waals surface area contributed by atoms with Crippen molar-refractivity contribution in [1.82, 2.24) is 10.2 Å². The molecule has 0 aliphatic carbocycles. The van der Waals surface area contributed by atoms with Gasteiger partial charge in [-0.05, 0) is 67.1 Å². The van der Waals surface area contributed by atoms with Crippen LogP contribution in [0.2, 0.25) is 0 Å². The summed E-state index contributed by atoms with van der Waals surface area (Å²) in [6, 6.07) is 13.0. The topological polar surface area (TPSA) is 84.9 Å². The van der Waals surface area contributed by atoms with Crippen LogP contribution in [0.25, 0.3) is 6.08 Å². The van der Waals surface area contributed by atoms with E-state index in [-0.39, 0.29) is 42.2 Å². The fourth-order valence-corrected chi connectivity index (χ4v) is 4.01. The Bertz CT molecular complexity index is 1070. The van der Waals surface area contributed by atoms with E-state index in [1.165, 1.54) is 30.3 Å². The Morgan fingerprint density at radius 2 is 1.82 bits per heavy atom. The summed E-state index contributed by atoms with van der Waals surface area (Å²) >= 11 is 0.780. The Kier molecular flexibility index (Phi) is 8.64. The van der Waals surface area contributed by atoms with E-state index in [9.17, 15) is 23.2 Å². The van der Waals surface area contributed by atoms with Crippen LogP contribution in [0.4, 0.5) is 13.6 Å². The molecule has 7 nitrogen and oxygen atoms in total. The van der Waals surface area contributed by atoms with Crippen molar-refractivity contribution in [2.24, 2.45) is 0 Å². The van der Waals surface area contributed by atoms with Gasteiger partial charge in [0, 0.05) is 13.1 Å². The lowest BCUT2D eigenvalue weighted by Crippen LogP contribution is -2.37. The van der Waals surface area contributed by atoms with E-state index < -0.39 is 17.8 Å². The van der Waals surface area contributed by atoms with Gasteiger partial charge in [0.25, 0.3) is 11.1 Å². The molecule has 0 spiro atoms. The monoisotopic (exact) mass is 490 g/mol. The first-order valence-electron chi connectivity index (χ1n) is 10.5. The van der Waals surface area contributed by atoms with Crippen molar-refractivity contribution in [3.63, 3.8) is 0 Å². The first-order chi connectivity index (χ1) is 16.2. The summed E-state index contributed by atoms with van der Waals surface area (Å²) in [5.41, 5.74) is 1.35. The Morgan fingerprint density at radius 1 is 1.09 bits per heavy atom. The SMILES string of the molecule is CC(C)Oc1cccc(CC(=O)NCCN2C(=O)S/C(=C/c3ccc(OC(F)F)cc3)C2=O)c1. The molecule has 2 aromatic rings. The predicted octanol–water partition coefficient (Wildman–Crippen LogP) is 4.47. The minimum absolute atomic E-state index is 0.00447. The lowest BCUT2D eigenvalue weighted by Gasteiger charge is -2.13. The molecular formula is C24H24F2N2O5S. The van der Waals surface area contributed by atoms with Crippen molar-refractivity contribution < 1.29 is 32.6 Å². The number of nitrogens with zero attached hydrogens (tertiary/aromatic N) is 1. The lowest BCUT2D eigenvalue weighted by molar-refractivity contribution is -0.124. The molecule has 10 heteroatoms. The molecule has 1 aliphatic heterocycles. The first-order valence-corrected chi connectivity index (χ1v) is 11.4. The maximum Gasteiger partial charge on any atom is 0.387 e. The van der Waals surface area contributed by atoms with Crippen LogP contribution in [-0.4, -0.2) is 47.8 Å². The molecule has 0 saturated carbocycles. The summed E-state index contributed by atoms with van der Waals surface area (Å²) in [6.07, 6.45) is 1.67. The molecule has 180 valence electrons. The number of amides is 3.